The first-order chi connectivity index (χ1) is 6.88. The van der Waals surface area contributed by atoms with E-state index in [-0.39, 0.29) is 34.0 Å². The van der Waals surface area contributed by atoms with Gasteiger partial charge in [-0.1, -0.05) is 6.92 Å². The first-order valence-electron chi connectivity index (χ1n) is 5.58. The van der Waals surface area contributed by atoms with Crippen LogP contribution >= 0.6 is 34.0 Å². The van der Waals surface area contributed by atoms with Crippen LogP contribution in [0.2, 0.25) is 0 Å². The highest BCUT2D eigenvalue weighted by atomic mass is 79.9. The molecule has 0 aliphatic carbocycles. The van der Waals surface area contributed by atoms with E-state index in [1.54, 1.807) is 6.33 Å². The van der Waals surface area contributed by atoms with Crippen LogP contribution in [-0.4, -0.2) is 34.5 Å². The molecule has 1 saturated heterocycles. The first-order valence-corrected chi connectivity index (χ1v) is 5.58. The standard InChI is InChI=1S/C11H19N3.2BrH/c1-2-14-5-3-10(4-6-14)7-11-8-12-9-13-11;;/h8-10H,2-7H2,1H3,(H,12,13);2*1H. The first kappa shape index (κ1) is 16.1. The van der Waals surface area contributed by atoms with Gasteiger partial charge in [0.05, 0.1) is 6.33 Å². The van der Waals surface area contributed by atoms with Gasteiger partial charge in [-0.05, 0) is 44.8 Å². The van der Waals surface area contributed by atoms with Crippen molar-refractivity contribution in [1.29, 1.82) is 0 Å². The molecule has 0 unspecified atom stereocenters. The Kier molecular flexibility index (Phi) is 8.32. The molecule has 1 fully saturated rings. The van der Waals surface area contributed by atoms with Gasteiger partial charge in [0.2, 0.25) is 0 Å². The maximum absolute atomic E-state index is 4.05. The number of hydrogen-bond acceptors (Lipinski definition) is 2. The Hall–Kier alpha value is 0.130. The van der Waals surface area contributed by atoms with Crippen LogP contribution in [0.1, 0.15) is 25.5 Å². The van der Waals surface area contributed by atoms with Gasteiger partial charge >= 0.3 is 0 Å². The predicted molar refractivity (Wildman–Crippen MR) is 77.8 cm³/mol. The second kappa shape index (κ2) is 8.25. The van der Waals surface area contributed by atoms with Crippen LogP contribution in [0.4, 0.5) is 0 Å². The van der Waals surface area contributed by atoms with Crippen molar-refractivity contribution in [3.8, 4) is 0 Å². The van der Waals surface area contributed by atoms with Gasteiger partial charge in [0, 0.05) is 11.9 Å². The highest BCUT2D eigenvalue weighted by molar-refractivity contribution is 8.93. The average Bonchev–Trinajstić information content (AvgIpc) is 2.72. The van der Waals surface area contributed by atoms with E-state index in [0.29, 0.717) is 0 Å². The third-order valence-electron chi connectivity index (χ3n) is 3.22. The Labute approximate surface area is 119 Å². The zero-order valence-corrected chi connectivity index (χ0v) is 13.1. The zero-order chi connectivity index (χ0) is 9.80. The van der Waals surface area contributed by atoms with Crippen LogP contribution in [0.3, 0.4) is 0 Å². The Morgan fingerprint density at radius 2 is 2.06 bits per heavy atom. The minimum atomic E-state index is 0. The fraction of sp³-hybridized carbons (Fsp3) is 0.727. The Morgan fingerprint density at radius 3 is 2.56 bits per heavy atom. The molecular weight excluding hydrogens is 334 g/mol. The summed E-state index contributed by atoms with van der Waals surface area (Å²) in [6.45, 7) is 6.00. The van der Waals surface area contributed by atoms with Crippen molar-refractivity contribution in [3.63, 3.8) is 0 Å². The largest absolute Gasteiger partial charge is 0.348 e. The van der Waals surface area contributed by atoms with Gasteiger partial charge in [-0.2, -0.15) is 0 Å². The lowest BCUT2D eigenvalue weighted by atomic mass is 9.92. The SMILES string of the molecule is Br.Br.CCN1CCC(Cc2cnc[nH]2)CC1. The van der Waals surface area contributed by atoms with E-state index in [0.717, 1.165) is 5.92 Å². The molecule has 16 heavy (non-hydrogen) atoms. The third kappa shape index (κ3) is 4.55. The average molecular weight is 355 g/mol. The number of H-pyrrole nitrogens is 1. The van der Waals surface area contributed by atoms with Crippen LogP contribution in [0.15, 0.2) is 12.5 Å². The minimum absolute atomic E-state index is 0. The molecule has 0 amide bonds. The summed E-state index contributed by atoms with van der Waals surface area (Å²) >= 11 is 0. The van der Waals surface area contributed by atoms with Crippen LogP contribution in [0.5, 0.6) is 0 Å². The lowest BCUT2D eigenvalue weighted by Gasteiger charge is -2.30. The molecule has 2 rings (SSSR count). The topological polar surface area (TPSA) is 31.9 Å². The lowest BCUT2D eigenvalue weighted by Crippen LogP contribution is -2.34. The molecule has 5 heteroatoms. The number of aromatic nitrogens is 2. The summed E-state index contributed by atoms with van der Waals surface area (Å²) in [4.78, 5) is 9.77. The molecule has 1 aromatic heterocycles. The molecule has 3 nitrogen and oxygen atoms in total. The molecule has 0 aromatic carbocycles. The van der Waals surface area contributed by atoms with Gasteiger partial charge < -0.3 is 9.88 Å². The maximum atomic E-state index is 4.05. The Bertz CT molecular complexity index is 256. The fourth-order valence-corrected chi connectivity index (χ4v) is 2.21. The number of rotatable bonds is 3. The zero-order valence-electron chi connectivity index (χ0n) is 9.69. The van der Waals surface area contributed by atoms with Gasteiger partial charge in [-0.3, -0.25) is 0 Å². The van der Waals surface area contributed by atoms with Crippen molar-refractivity contribution in [2.75, 3.05) is 19.6 Å². The monoisotopic (exact) mass is 353 g/mol. The molecule has 1 aliphatic heterocycles. The summed E-state index contributed by atoms with van der Waals surface area (Å²) in [6.07, 6.45) is 7.58. The molecule has 2 heterocycles. The van der Waals surface area contributed by atoms with Crippen LogP contribution in [-0.2, 0) is 6.42 Å². The molecule has 0 atom stereocenters. The number of imidazole rings is 1. The lowest BCUT2D eigenvalue weighted by molar-refractivity contribution is 0.191. The minimum Gasteiger partial charge on any atom is -0.348 e. The molecule has 1 N–H and O–H groups in total. The van der Waals surface area contributed by atoms with E-state index in [9.17, 15) is 0 Å². The molecule has 1 aromatic rings. The number of hydrogen-bond donors (Lipinski definition) is 1. The van der Waals surface area contributed by atoms with Crippen molar-refractivity contribution in [1.82, 2.24) is 14.9 Å². The van der Waals surface area contributed by atoms with Gasteiger partial charge in [0.15, 0.2) is 0 Å². The molecule has 0 saturated carbocycles. The Balaban J connectivity index is 0.00000112. The Morgan fingerprint density at radius 1 is 1.38 bits per heavy atom. The van der Waals surface area contributed by atoms with E-state index in [1.807, 2.05) is 6.20 Å². The second-order valence-electron chi connectivity index (χ2n) is 4.16. The summed E-state index contributed by atoms with van der Waals surface area (Å²) < 4.78 is 0. The quantitative estimate of drug-likeness (QED) is 0.905. The van der Waals surface area contributed by atoms with Crippen molar-refractivity contribution < 1.29 is 0 Å². The fourth-order valence-electron chi connectivity index (χ4n) is 2.21. The number of nitrogens with one attached hydrogen (secondary N) is 1. The normalized spacial score (nSPS) is 17.6. The highest BCUT2D eigenvalue weighted by Gasteiger charge is 2.18. The van der Waals surface area contributed by atoms with Gasteiger partial charge in [-0.15, -0.1) is 34.0 Å². The van der Waals surface area contributed by atoms with Crippen LogP contribution < -0.4 is 0 Å². The van der Waals surface area contributed by atoms with Gasteiger partial charge in [0.25, 0.3) is 0 Å². The number of aromatic amines is 1. The predicted octanol–water partition coefficient (Wildman–Crippen LogP) is 2.84. The maximum Gasteiger partial charge on any atom is 0.0921 e. The van der Waals surface area contributed by atoms with Crippen molar-refractivity contribution >= 4 is 34.0 Å². The van der Waals surface area contributed by atoms with E-state index < -0.39 is 0 Å². The number of piperidine rings is 1. The van der Waals surface area contributed by atoms with E-state index in [2.05, 4.69) is 21.8 Å². The molecule has 0 radical (unpaired) electrons. The second-order valence-corrected chi connectivity index (χ2v) is 4.16. The molecule has 0 spiro atoms. The molecule has 0 bridgehead atoms. The number of nitrogens with zero attached hydrogens (tertiary/aromatic N) is 2. The van der Waals surface area contributed by atoms with Gasteiger partial charge in [-0.25, -0.2) is 4.98 Å². The van der Waals surface area contributed by atoms with E-state index >= 15 is 0 Å². The number of likely N-dealkylation sites (tertiary alicyclic amines) is 1. The summed E-state index contributed by atoms with van der Waals surface area (Å²) in [5.41, 5.74) is 1.29. The van der Waals surface area contributed by atoms with Gasteiger partial charge in [0.1, 0.15) is 0 Å². The summed E-state index contributed by atoms with van der Waals surface area (Å²) in [5.74, 6) is 0.859. The smallest absolute Gasteiger partial charge is 0.0921 e. The van der Waals surface area contributed by atoms with Crippen LogP contribution in [0, 0.1) is 5.92 Å². The summed E-state index contributed by atoms with van der Waals surface area (Å²) in [6, 6.07) is 0. The summed E-state index contributed by atoms with van der Waals surface area (Å²) in [7, 11) is 0. The van der Waals surface area contributed by atoms with Crippen LogP contribution in [0.25, 0.3) is 0 Å². The molecular formula is C11H21Br2N3. The molecule has 94 valence electrons. The van der Waals surface area contributed by atoms with Crippen molar-refractivity contribution in [2.45, 2.75) is 26.2 Å². The highest BCUT2D eigenvalue weighted by Crippen LogP contribution is 2.20. The third-order valence-corrected chi connectivity index (χ3v) is 3.22. The van der Waals surface area contributed by atoms with Crippen molar-refractivity contribution in [2.24, 2.45) is 5.92 Å². The molecule has 1 aliphatic rings. The van der Waals surface area contributed by atoms with E-state index in [4.69, 9.17) is 0 Å². The van der Waals surface area contributed by atoms with Crippen molar-refractivity contribution in [3.05, 3.63) is 18.2 Å². The van der Waals surface area contributed by atoms with E-state index in [1.165, 1.54) is 44.6 Å². The summed E-state index contributed by atoms with van der Waals surface area (Å²) in [5, 5.41) is 0. The number of halogens is 2.